The van der Waals surface area contributed by atoms with Crippen molar-refractivity contribution in [2.24, 2.45) is 0 Å². The molecule has 0 amide bonds. The standard InChI is InChI=1S/C16H15BrClNO/c1-20-16-9-10(5-7-14(16)18)19-15-8-6-11-12(15)3-2-4-13(11)17/h2-5,7,9,15,19H,6,8H2,1H3. The minimum absolute atomic E-state index is 0.341. The lowest BCUT2D eigenvalue weighted by molar-refractivity contribution is 0.415. The molecule has 0 saturated heterocycles. The maximum Gasteiger partial charge on any atom is 0.139 e. The fourth-order valence-electron chi connectivity index (χ4n) is 2.71. The molecule has 1 aliphatic carbocycles. The minimum atomic E-state index is 0.341. The monoisotopic (exact) mass is 351 g/mol. The highest BCUT2D eigenvalue weighted by molar-refractivity contribution is 9.10. The molecule has 2 nitrogen and oxygen atoms in total. The molecule has 0 bridgehead atoms. The van der Waals surface area contributed by atoms with Crippen molar-refractivity contribution in [3.05, 3.63) is 57.0 Å². The molecule has 0 aromatic heterocycles. The summed E-state index contributed by atoms with van der Waals surface area (Å²) < 4.78 is 6.46. The molecule has 20 heavy (non-hydrogen) atoms. The molecule has 2 aromatic carbocycles. The lowest BCUT2D eigenvalue weighted by Gasteiger charge is -2.16. The number of methoxy groups -OCH3 is 1. The number of rotatable bonds is 3. The molecule has 1 N–H and O–H groups in total. The van der Waals surface area contributed by atoms with Crippen LogP contribution in [-0.4, -0.2) is 7.11 Å². The molecule has 0 radical (unpaired) electrons. The van der Waals surface area contributed by atoms with Crippen LogP contribution in [0, 0.1) is 0 Å². The Bertz CT molecular complexity index is 644. The van der Waals surface area contributed by atoms with Gasteiger partial charge in [-0.3, -0.25) is 0 Å². The van der Waals surface area contributed by atoms with Crippen LogP contribution < -0.4 is 10.1 Å². The lowest BCUT2D eigenvalue weighted by Crippen LogP contribution is -2.07. The molecule has 3 rings (SSSR count). The second-order valence-corrected chi connectivity index (χ2v) is 6.15. The Labute approximate surface area is 132 Å². The number of hydrogen-bond acceptors (Lipinski definition) is 2. The number of ether oxygens (including phenoxy) is 1. The molecule has 4 heteroatoms. The Morgan fingerprint density at radius 2 is 2.15 bits per heavy atom. The summed E-state index contributed by atoms with van der Waals surface area (Å²) in [5.74, 6) is 0.698. The number of halogens is 2. The van der Waals surface area contributed by atoms with Crippen molar-refractivity contribution in [2.75, 3.05) is 12.4 Å². The predicted octanol–water partition coefficient (Wildman–Crippen LogP) is 5.21. The number of anilines is 1. The largest absolute Gasteiger partial charge is 0.495 e. The van der Waals surface area contributed by atoms with Crippen molar-refractivity contribution in [3.63, 3.8) is 0 Å². The van der Waals surface area contributed by atoms with Gasteiger partial charge in [0.2, 0.25) is 0 Å². The SMILES string of the molecule is COc1cc(NC2CCc3c(Br)cccc32)ccc1Cl. The van der Waals surface area contributed by atoms with Gasteiger partial charge in [-0.15, -0.1) is 0 Å². The molecule has 1 aliphatic rings. The second kappa shape index (κ2) is 5.66. The Balaban J connectivity index is 1.86. The fraction of sp³-hybridized carbons (Fsp3) is 0.250. The fourth-order valence-corrected chi connectivity index (χ4v) is 3.48. The van der Waals surface area contributed by atoms with Gasteiger partial charge in [0.05, 0.1) is 18.2 Å². The van der Waals surface area contributed by atoms with Gasteiger partial charge in [-0.25, -0.2) is 0 Å². The topological polar surface area (TPSA) is 21.3 Å². The number of fused-ring (bicyclic) bond motifs is 1. The van der Waals surface area contributed by atoms with Crippen LogP contribution in [0.15, 0.2) is 40.9 Å². The Hall–Kier alpha value is -1.19. The Morgan fingerprint density at radius 1 is 1.30 bits per heavy atom. The van der Waals surface area contributed by atoms with Gasteiger partial charge in [0.25, 0.3) is 0 Å². The van der Waals surface area contributed by atoms with Crippen LogP contribution in [0.5, 0.6) is 5.75 Å². The van der Waals surface area contributed by atoms with E-state index in [1.54, 1.807) is 7.11 Å². The van der Waals surface area contributed by atoms with Gasteiger partial charge in [0, 0.05) is 16.2 Å². The van der Waals surface area contributed by atoms with E-state index in [-0.39, 0.29) is 0 Å². The molecule has 0 aliphatic heterocycles. The first-order valence-corrected chi connectivity index (χ1v) is 7.73. The van der Waals surface area contributed by atoms with Crippen LogP contribution >= 0.6 is 27.5 Å². The van der Waals surface area contributed by atoms with Crippen molar-refractivity contribution in [2.45, 2.75) is 18.9 Å². The summed E-state index contributed by atoms with van der Waals surface area (Å²) in [5, 5.41) is 4.20. The average molecular weight is 353 g/mol. The normalized spacial score (nSPS) is 16.9. The van der Waals surface area contributed by atoms with E-state index in [0.29, 0.717) is 16.8 Å². The van der Waals surface area contributed by atoms with E-state index in [0.717, 1.165) is 18.5 Å². The molecule has 1 unspecified atom stereocenters. The number of hydrogen-bond donors (Lipinski definition) is 1. The smallest absolute Gasteiger partial charge is 0.139 e. The van der Waals surface area contributed by atoms with E-state index >= 15 is 0 Å². The summed E-state index contributed by atoms with van der Waals surface area (Å²) in [7, 11) is 1.63. The highest BCUT2D eigenvalue weighted by atomic mass is 79.9. The zero-order valence-corrected chi connectivity index (χ0v) is 13.5. The zero-order chi connectivity index (χ0) is 14.1. The van der Waals surface area contributed by atoms with Crippen molar-refractivity contribution < 1.29 is 4.74 Å². The van der Waals surface area contributed by atoms with Crippen LogP contribution in [0.25, 0.3) is 0 Å². The summed E-state index contributed by atoms with van der Waals surface area (Å²) in [6, 6.07) is 12.5. The first-order valence-electron chi connectivity index (χ1n) is 6.56. The molecule has 104 valence electrons. The van der Waals surface area contributed by atoms with Crippen molar-refractivity contribution in [1.29, 1.82) is 0 Å². The van der Waals surface area contributed by atoms with Crippen LogP contribution in [0.2, 0.25) is 5.02 Å². The van der Waals surface area contributed by atoms with Crippen LogP contribution in [0.1, 0.15) is 23.6 Å². The molecular formula is C16H15BrClNO. The van der Waals surface area contributed by atoms with Crippen molar-refractivity contribution in [1.82, 2.24) is 0 Å². The van der Waals surface area contributed by atoms with Crippen molar-refractivity contribution in [3.8, 4) is 5.75 Å². The number of nitrogens with one attached hydrogen (secondary N) is 1. The molecule has 0 spiro atoms. The summed E-state index contributed by atoms with van der Waals surface area (Å²) in [4.78, 5) is 0. The zero-order valence-electron chi connectivity index (χ0n) is 11.1. The average Bonchev–Trinajstić information content (AvgIpc) is 2.86. The third kappa shape index (κ3) is 2.52. The summed E-state index contributed by atoms with van der Waals surface area (Å²) in [5.41, 5.74) is 3.81. The molecule has 0 fully saturated rings. The Morgan fingerprint density at radius 3 is 2.95 bits per heavy atom. The van der Waals surface area contributed by atoms with Crippen LogP contribution in [-0.2, 0) is 6.42 Å². The maximum absolute atomic E-state index is 6.06. The third-order valence-corrected chi connectivity index (χ3v) is 4.76. The van der Waals surface area contributed by atoms with Crippen LogP contribution in [0.4, 0.5) is 5.69 Å². The maximum atomic E-state index is 6.06. The molecular weight excluding hydrogens is 338 g/mol. The Kier molecular flexibility index (Phi) is 3.90. The highest BCUT2D eigenvalue weighted by Gasteiger charge is 2.23. The second-order valence-electron chi connectivity index (χ2n) is 4.89. The van der Waals surface area contributed by atoms with Gasteiger partial charge < -0.3 is 10.1 Å². The highest BCUT2D eigenvalue weighted by Crippen LogP contribution is 2.38. The first-order chi connectivity index (χ1) is 9.69. The lowest BCUT2D eigenvalue weighted by atomic mass is 10.1. The number of benzene rings is 2. The van der Waals surface area contributed by atoms with Gasteiger partial charge >= 0.3 is 0 Å². The minimum Gasteiger partial charge on any atom is -0.495 e. The molecule has 2 aromatic rings. The van der Waals surface area contributed by atoms with Gasteiger partial charge in [-0.2, -0.15) is 0 Å². The molecule has 0 heterocycles. The molecule has 0 saturated carbocycles. The van der Waals surface area contributed by atoms with Gasteiger partial charge in [-0.05, 0) is 42.2 Å². The van der Waals surface area contributed by atoms with Gasteiger partial charge in [-0.1, -0.05) is 39.7 Å². The first kappa shape index (κ1) is 13.8. The van der Waals surface area contributed by atoms with Crippen molar-refractivity contribution >= 4 is 33.2 Å². The van der Waals surface area contributed by atoms with E-state index in [1.165, 1.54) is 15.6 Å². The predicted molar refractivity (Wildman–Crippen MR) is 86.8 cm³/mol. The van der Waals surface area contributed by atoms with E-state index in [1.807, 2.05) is 18.2 Å². The summed E-state index contributed by atoms with van der Waals surface area (Å²) in [6.45, 7) is 0. The van der Waals surface area contributed by atoms with Gasteiger partial charge in [0.1, 0.15) is 5.75 Å². The van der Waals surface area contributed by atoms with E-state index in [9.17, 15) is 0 Å². The molecule has 1 atom stereocenters. The van der Waals surface area contributed by atoms with E-state index in [2.05, 4.69) is 39.4 Å². The van der Waals surface area contributed by atoms with Gasteiger partial charge in [0.15, 0.2) is 0 Å². The summed E-state index contributed by atoms with van der Waals surface area (Å²) >= 11 is 9.68. The van der Waals surface area contributed by atoms with E-state index < -0.39 is 0 Å². The van der Waals surface area contributed by atoms with E-state index in [4.69, 9.17) is 16.3 Å². The third-order valence-electron chi connectivity index (χ3n) is 3.71. The summed E-state index contributed by atoms with van der Waals surface area (Å²) in [6.07, 6.45) is 2.20. The van der Waals surface area contributed by atoms with Crippen LogP contribution in [0.3, 0.4) is 0 Å². The quantitative estimate of drug-likeness (QED) is 0.818.